The number of carbonyl (C=O) groups excluding carboxylic acids is 1. The Morgan fingerprint density at radius 2 is 2.00 bits per heavy atom. The molecule has 1 N–H and O–H groups in total. The smallest absolute Gasteiger partial charge is 0.251 e. The van der Waals surface area contributed by atoms with E-state index in [1.165, 1.54) is 31.4 Å². The molecule has 1 fully saturated rings. The van der Waals surface area contributed by atoms with E-state index in [2.05, 4.69) is 19.2 Å². The minimum absolute atomic E-state index is 0.0694. The van der Waals surface area contributed by atoms with Crippen LogP contribution in [-0.2, 0) is 0 Å². The van der Waals surface area contributed by atoms with Gasteiger partial charge in [0.1, 0.15) is 5.82 Å². The Morgan fingerprint density at radius 3 is 2.65 bits per heavy atom. The first-order valence-corrected chi connectivity index (χ1v) is 7.56. The van der Waals surface area contributed by atoms with Crippen molar-refractivity contribution in [3.63, 3.8) is 0 Å². The molecule has 0 heterocycles. The fourth-order valence-electron chi connectivity index (χ4n) is 3.26. The van der Waals surface area contributed by atoms with Gasteiger partial charge in [-0.05, 0) is 55.4 Å². The molecule has 3 heteroatoms. The molecule has 2 unspecified atom stereocenters. The third kappa shape index (κ3) is 3.38. The number of nitrogens with one attached hydrogen (secondary N) is 1. The van der Waals surface area contributed by atoms with Gasteiger partial charge in [-0.2, -0.15) is 0 Å². The van der Waals surface area contributed by atoms with Crippen molar-refractivity contribution in [2.75, 3.05) is 0 Å². The Hall–Kier alpha value is -1.38. The molecule has 0 aromatic heterocycles. The lowest BCUT2D eigenvalue weighted by atomic mass is 9.77. The lowest BCUT2D eigenvalue weighted by Crippen LogP contribution is -2.44. The van der Waals surface area contributed by atoms with E-state index in [1.807, 2.05) is 0 Å². The molecule has 1 aromatic rings. The molecular weight excluding hydrogens is 253 g/mol. The topological polar surface area (TPSA) is 29.1 Å². The predicted molar refractivity (Wildman–Crippen MR) is 79.2 cm³/mol. The molecule has 0 radical (unpaired) electrons. The van der Waals surface area contributed by atoms with Crippen molar-refractivity contribution in [2.45, 2.75) is 52.5 Å². The van der Waals surface area contributed by atoms with E-state index in [1.54, 1.807) is 13.0 Å². The molecule has 0 aliphatic heterocycles. The molecule has 1 saturated carbocycles. The highest BCUT2D eigenvalue weighted by Gasteiger charge is 2.29. The summed E-state index contributed by atoms with van der Waals surface area (Å²) in [7, 11) is 0. The zero-order valence-corrected chi connectivity index (χ0v) is 12.6. The standard InChI is InChI=1S/C17H24FNO/c1-11(2)14-6-4-5-7-16(14)19-17(20)15-9-8-13(18)10-12(15)3/h8-11,14,16H,4-7H2,1-3H3,(H,19,20). The average Bonchev–Trinajstić information content (AvgIpc) is 2.38. The fourth-order valence-corrected chi connectivity index (χ4v) is 3.26. The van der Waals surface area contributed by atoms with Crippen molar-refractivity contribution in [1.82, 2.24) is 5.32 Å². The van der Waals surface area contributed by atoms with Crippen molar-refractivity contribution in [3.05, 3.63) is 35.1 Å². The molecule has 1 aromatic carbocycles. The third-order valence-electron chi connectivity index (χ3n) is 4.43. The zero-order valence-electron chi connectivity index (χ0n) is 12.6. The van der Waals surface area contributed by atoms with E-state index < -0.39 is 0 Å². The van der Waals surface area contributed by atoms with Crippen LogP contribution in [0.4, 0.5) is 4.39 Å². The maximum atomic E-state index is 13.1. The highest BCUT2D eigenvalue weighted by atomic mass is 19.1. The maximum absolute atomic E-state index is 13.1. The van der Waals surface area contributed by atoms with Crippen LogP contribution >= 0.6 is 0 Å². The summed E-state index contributed by atoms with van der Waals surface area (Å²) in [5.74, 6) is 0.764. The van der Waals surface area contributed by atoms with Gasteiger partial charge in [0.2, 0.25) is 0 Å². The van der Waals surface area contributed by atoms with Crippen LogP contribution in [-0.4, -0.2) is 11.9 Å². The lowest BCUT2D eigenvalue weighted by Gasteiger charge is -2.35. The number of amides is 1. The van der Waals surface area contributed by atoms with Crippen LogP contribution in [0, 0.1) is 24.6 Å². The van der Waals surface area contributed by atoms with Gasteiger partial charge in [-0.1, -0.05) is 26.7 Å². The molecule has 2 nitrogen and oxygen atoms in total. The van der Waals surface area contributed by atoms with Crippen LogP contribution < -0.4 is 5.32 Å². The molecular formula is C17H24FNO. The molecule has 2 atom stereocenters. The van der Waals surface area contributed by atoms with Crippen molar-refractivity contribution < 1.29 is 9.18 Å². The number of hydrogen-bond acceptors (Lipinski definition) is 1. The Balaban J connectivity index is 2.09. The minimum Gasteiger partial charge on any atom is -0.349 e. The number of benzene rings is 1. The van der Waals surface area contributed by atoms with Gasteiger partial charge in [-0.25, -0.2) is 4.39 Å². The quantitative estimate of drug-likeness (QED) is 0.886. The predicted octanol–water partition coefficient (Wildman–Crippen LogP) is 4.08. The first-order chi connectivity index (χ1) is 9.49. The molecule has 20 heavy (non-hydrogen) atoms. The summed E-state index contributed by atoms with van der Waals surface area (Å²) in [6.45, 7) is 6.22. The van der Waals surface area contributed by atoms with E-state index in [4.69, 9.17) is 0 Å². The van der Waals surface area contributed by atoms with Crippen LogP contribution in [0.25, 0.3) is 0 Å². The molecule has 0 saturated heterocycles. The van der Waals surface area contributed by atoms with Crippen molar-refractivity contribution in [1.29, 1.82) is 0 Å². The molecule has 1 amide bonds. The van der Waals surface area contributed by atoms with E-state index in [0.29, 0.717) is 23.0 Å². The highest BCUT2D eigenvalue weighted by molar-refractivity contribution is 5.95. The van der Waals surface area contributed by atoms with Gasteiger partial charge >= 0.3 is 0 Å². The Bertz CT molecular complexity index is 484. The molecule has 110 valence electrons. The maximum Gasteiger partial charge on any atom is 0.251 e. The number of halogens is 1. The number of rotatable bonds is 3. The van der Waals surface area contributed by atoms with Gasteiger partial charge in [0.05, 0.1) is 0 Å². The van der Waals surface area contributed by atoms with Gasteiger partial charge < -0.3 is 5.32 Å². The average molecular weight is 277 g/mol. The summed E-state index contributed by atoms with van der Waals surface area (Å²) >= 11 is 0. The Labute approximate surface area is 120 Å². The van der Waals surface area contributed by atoms with Gasteiger partial charge in [-0.15, -0.1) is 0 Å². The lowest BCUT2D eigenvalue weighted by molar-refractivity contribution is 0.0888. The van der Waals surface area contributed by atoms with Crippen LogP contribution in [0.3, 0.4) is 0 Å². The Morgan fingerprint density at radius 1 is 1.30 bits per heavy atom. The monoisotopic (exact) mass is 277 g/mol. The first-order valence-electron chi connectivity index (χ1n) is 7.56. The molecule has 0 bridgehead atoms. The molecule has 2 rings (SSSR count). The van der Waals surface area contributed by atoms with Gasteiger partial charge in [-0.3, -0.25) is 4.79 Å². The van der Waals surface area contributed by atoms with Gasteiger partial charge in [0.15, 0.2) is 0 Å². The SMILES string of the molecule is Cc1cc(F)ccc1C(=O)NC1CCCCC1C(C)C. The third-order valence-corrected chi connectivity index (χ3v) is 4.43. The van der Waals surface area contributed by atoms with Crippen molar-refractivity contribution in [2.24, 2.45) is 11.8 Å². The van der Waals surface area contributed by atoms with Crippen LogP contribution in [0.5, 0.6) is 0 Å². The normalized spacial score (nSPS) is 22.9. The molecule has 1 aliphatic rings. The summed E-state index contributed by atoms with van der Waals surface area (Å²) in [5.41, 5.74) is 1.28. The summed E-state index contributed by atoms with van der Waals surface area (Å²) in [4.78, 5) is 12.4. The highest BCUT2D eigenvalue weighted by Crippen LogP contribution is 2.30. The molecule has 0 spiro atoms. The fraction of sp³-hybridized carbons (Fsp3) is 0.588. The molecule has 1 aliphatic carbocycles. The number of carbonyl (C=O) groups is 1. The van der Waals surface area contributed by atoms with E-state index in [9.17, 15) is 9.18 Å². The van der Waals surface area contributed by atoms with E-state index >= 15 is 0 Å². The van der Waals surface area contributed by atoms with E-state index in [-0.39, 0.29) is 17.8 Å². The number of aryl methyl sites for hydroxylation is 1. The second-order valence-corrected chi connectivity index (χ2v) is 6.23. The second-order valence-electron chi connectivity index (χ2n) is 6.23. The van der Waals surface area contributed by atoms with Crippen LogP contribution in [0.1, 0.15) is 55.5 Å². The summed E-state index contributed by atoms with van der Waals surface area (Å²) in [5, 5.41) is 3.17. The Kier molecular flexibility index (Phi) is 4.79. The second kappa shape index (κ2) is 6.38. The van der Waals surface area contributed by atoms with Crippen molar-refractivity contribution in [3.8, 4) is 0 Å². The largest absolute Gasteiger partial charge is 0.349 e. The number of hydrogen-bond donors (Lipinski definition) is 1. The summed E-state index contributed by atoms with van der Waals surface area (Å²) in [6.07, 6.45) is 4.67. The van der Waals surface area contributed by atoms with E-state index in [0.717, 1.165) is 6.42 Å². The van der Waals surface area contributed by atoms with Crippen LogP contribution in [0.2, 0.25) is 0 Å². The van der Waals surface area contributed by atoms with Gasteiger partial charge in [0.25, 0.3) is 5.91 Å². The minimum atomic E-state index is -0.295. The summed E-state index contributed by atoms with van der Waals surface area (Å²) < 4.78 is 13.1. The summed E-state index contributed by atoms with van der Waals surface area (Å²) in [6, 6.07) is 4.59. The van der Waals surface area contributed by atoms with Gasteiger partial charge in [0, 0.05) is 11.6 Å². The van der Waals surface area contributed by atoms with Crippen LogP contribution in [0.15, 0.2) is 18.2 Å². The zero-order chi connectivity index (χ0) is 14.7. The van der Waals surface area contributed by atoms with Crippen molar-refractivity contribution >= 4 is 5.91 Å². The first kappa shape index (κ1) is 15.0.